The molecule has 3 aromatic rings. The van der Waals surface area contributed by atoms with Crippen molar-refractivity contribution >= 4 is 11.6 Å². The minimum absolute atomic E-state index is 0.0167. The third-order valence-corrected chi connectivity index (χ3v) is 6.32. The number of aromatic nitrogens is 1. The summed E-state index contributed by atoms with van der Waals surface area (Å²) in [5.74, 6) is 1.06. The SMILES string of the molecule is O=C1N(Cc2ncccc2C(F)(F)F)c2ccccc2C12COc1c2ccc2c1OCCO2. The summed E-state index contributed by atoms with van der Waals surface area (Å²) in [5.41, 5.74) is -0.439. The number of pyridine rings is 1. The Balaban J connectivity index is 1.48. The fourth-order valence-corrected chi connectivity index (χ4v) is 4.88. The van der Waals surface area contributed by atoms with Gasteiger partial charge in [-0.1, -0.05) is 18.2 Å². The number of carbonyl (C=O) groups is 1. The first-order valence-corrected chi connectivity index (χ1v) is 10.4. The van der Waals surface area contributed by atoms with E-state index >= 15 is 0 Å². The number of ether oxygens (including phenoxy) is 3. The van der Waals surface area contributed by atoms with Crippen molar-refractivity contribution in [2.45, 2.75) is 18.1 Å². The van der Waals surface area contributed by atoms with Gasteiger partial charge in [-0.3, -0.25) is 9.78 Å². The molecule has 33 heavy (non-hydrogen) atoms. The molecule has 0 fully saturated rings. The maximum atomic E-state index is 13.9. The van der Waals surface area contributed by atoms with Crippen LogP contribution < -0.4 is 19.1 Å². The van der Waals surface area contributed by atoms with Gasteiger partial charge in [0.25, 0.3) is 0 Å². The molecule has 3 aliphatic rings. The molecule has 1 spiro atoms. The molecule has 2 aromatic carbocycles. The second kappa shape index (κ2) is 6.87. The van der Waals surface area contributed by atoms with Gasteiger partial charge >= 0.3 is 6.18 Å². The molecule has 0 saturated heterocycles. The molecule has 6 nitrogen and oxygen atoms in total. The number of carbonyl (C=O) groups excluding carboxylic acids is 1. The average Bonchev–Trinajstić information content (AvgIpc) is 3.32. The van der Waals surface area contributed by atoms with Crippen LogP contribution in [0.2, 0.25) is 0 Å². The van der Waals surface area contributed by atoms with Crippen molar-refractivity contribution in [1.29, 1.82) is 0 Å². The predicted octanol–water partition coefficient (Wildman–Crippen LogP) is 4.10. The smallest absolute Gasteiger partial charge is 0.418 e. The number of halogens is 3. The van der Waals surface area contributed by atoms with E-state index in [0.29, 0.717) is 47.3 Å². The van der Waals surface area contributed by atoms with Gasteiger partial charge in [-0.05, 0) is 35.9 Å². The quantitative estimate of drug-likeness (QED) is 0.584. The van der Waals surface area contributed by atoms with Crippen molar-refractivity contribution in [1.82, 2.24) is 4.98 Å². The molecule has 9 heteroatoms. The highest BCUT2D eigenvalue weighted by molar-refractivity contribution is 6.11. The molecule has 0 aliphatic carbocycles. The van der Waals surface area contributed by atoms with Crippen molar-refractivity contribution < 1.29 is 32.2 Å². The van der Waals surface area contributed by atoms with Crippen LogP contribution in [0.1, 0.15) is 22.4 Å². The number of anilines is 1. The molecule has 4 heterocycles. The molecule has 0 radical (unpaired) electrons. The van der Waals surface area contributed by atoms with Crippen molar-refractivity contribution in [3.63, 3.8) is 0 Å². The summed E-state index contributed by atoms with van der Waals surface area (Å²) < 4.78 is 58.1. The van der Waals surface area contributed by atoms with E-state index in [1.807, 2.05) is 6.07 Å². The third kappa shape index (κ3) is 2.74. The molecule has 1 amide bonds. The molecule has 6 rings (SSSR count). The Labute approximate surface area is 186 Å². The van der Waals surface area contributed by atoms with Gasteiger partial charge in [-0.15, -0.1) is 0 Å². The van der Waals surface area contributed by atoms with Crippen molar-refractivity contribution in [3.05, 3.63) is 77.1 Å². The molecule has 168 valence electrons. The first-order valence-electron chi connectivity index (χ1n) is 10.4. The van der Waals surface area contributed by atoms with Crippen LogP contribution in [0.3, 0.4) is 0 Å². The molecule has 0 bridgehead atoms. The Kier molecular flexibility index (Phi) is 4.14. The number of hydrogen-bond acceptors (Lipinski definition) is 5. The second-order valence-electron chi connectivity index (χ2n) is 8.06. The highest BCUT2D eigenvalue weighted by Crippen LogP contribution is 2.57. The Hall–Kier alpha value is -3.75. The molecular formula is C24H17F3N2O4. The Morgan fingerprint density at radius 2 is 1.76 bits per heavy atom. The van der Waals surface area contributed by atoms with Crippen LogP contribution in [0, 0.1) is 0 Å². The van der Waals surface area contributed by atoms with Crippen LogP contribution >= 0.6 is 0 Å². The van der Waals surface area contributed by atoms with Gasteiger partial charge in [0.15, 0.2) is 11.5 Å². The van der Waals surface area contributed by atoms with Crippen molar-refractivity contribution in [3.8, 4) is 17.2 Å². The summed E-state index contributed by atoms with van der Waals surface area (Å²) in [7, 11) is 0. The number of para-hydroxylation sites is 1. The van der Waals surface area contributed by atoms with Gasteiger partial charge in [0.05, 0.1) is 17.8 Å². The summed E-state index contributed by atoms with van der Waals surface area (Å²) in [5, 5.41) is 0. The number of nitrogens with zero attached hydrogens (tertiary/aromatic N) is 2. The number of amides is 1. The van der Waals surface area contributed by atoms with Gasteiger partial charge < -0.3 is 19.1 Å². The van der Waals surface area contributed by atoms with E-state index in [-0.39, 0.29) is 24.8 Å². The van der Waals surface area contributed by atoms with E-state index in [1.54, 1.807) is 30.3 Å². The molecule has 3 aliphatic heterocycles. The van der Waals surface area contributed by atoms with Crippen LogP contribution in [0.4, 0.5) is 18.9 Å². The minimum atomic E-state index is -4.58. The van der Waals surface area contributed by atoms with Gasteiger partial charge in [0, 0.05) is 17.4 Å². The molecule has 0 N–H and O–H groups in total. The number of fused-ring (bicyclic) bond motifs is 6. The maximum absolute atomic E-state index is 13.9. The van der Waals surface area contributed by atoms with Gasteiger partial charge in [0.2, 0.25) is 11.7 Å². The zero-order valence-electron chi connectivity index (χ0n) is 17.2. The van der Waals surface area contributed by atoms with Crippen LogP contribution in [-0.2, 0) is 22.9 Å². The number of alkyl halides is 3. The van der Waals surface area contributed by atoms with E-state index in [0.717, 1.165) is 6.07 Å². The molecule has 1 unspecified atom stereocenters. The van der Waals surface area contributed by atoms with Crippen LogP contribution in [0.15, 0.2) is 54.7 Å². The van der Waals surface area contributed by atoms with Crippen molar-refractivity contribution in [2.24, 2.45) is 0 Å². The summed E-state index contributed by atoms with van der Waals surface area (Å²) in [4.78, 5) is 19.3. The lowest BCUT2D eigenvalue weighted by atomic mass is 9.77. The van der Waals surface area contributed by atoms with Gasteiger partial charge in [0.1, 0.15) is 25.2 Å². The zero-order valence-corrected chi connectivity index (χ0v) is 17.2. The first-order chi connectivity index (χ1) is 15.9. The maximum Gasteiger partial charge on any atom is 0.418 e. The fraction of sp³-hybridized carbons (Fsp3) is 0.250. The normalized spacial score (nSPS) is 20.6. The standard InChI is InChI=1S/C24H17F3N2O4/c25-24(26,27)14-5-3-9-28-17(14)12-29-18-6-2-1-4-15(18)23(22(29)30)13-33-20-16(23)7-8-19-21(20)32-11-10-31-19/h1-9H,10-13H2. The second-order valence-corrected chi connectivity index (χ2v) is 8.06. The average molecular weight is 454 g/mol. The van der Waals surface area contributed by atoms with Crippen LogP contribution in [0.25, 0.3) is 0 Å². The number of hydrogen-bond donors (Lipinski definition) is 0. The largest absolute Gasteiger partial charge is 0.487 e. The Morgan fingerprint density at radius 3 is 2.61 bits per heavy atom. The predicted molar refractivity (Wildman–Crippen MR) is 111 cm³/mol. The van der Waals surface area contributed by atoms with Crippen LogP contribution in [0.5, 0.6) is 17.2 Å². The van der Waals surface area contributed by atoms with E-state index in [2.05, 4.69) is 4.98 Å². The van der Waals surface area contributed by atoms with E-state index in [4.69, 9.17) is 14.2 Å². The third-order valence-electron chi connectivity index (χ3n) is 6.32. The summed E-state index contributed by atoms with van der Waals surface area (Å²) >= 11 is 0. The van der Waals surface area contributed by atoms with E-state index < -0.39 is 17.2 Å². The Bertz CT molecular complexity index is 1290. The summed E-state index contributed by atoms with van der Waals surface area (Å²) in [6.07, 6.45) is -3.28. The van der Waals surface area contributed by atoms with E-state index in [9.17, 15) is 18.0 Å². The number of rotatable bonds is 2. The minimum Gasteiger partial charge on any atom is -0.487 e. The lowest BCUT2D eigenvalue weighted by molar-refractivity contribution is -0.138. The molecular weight excluding hydrogens is 437 g/mol. The lowest BCUT2D eigenvalue weighted by Gasteiger charge is -2.24. The highest BCUT2D eigenvalue weighted by Gasteiger charge is 2.58. The van der Waals surface area contributed by atoms with E-state index in [1.165, 1.54) is 17.2 Å². The molecule has 1 atom stereocenters. The number of benzene rings is 2. The fourth-order valence-electron chi connectivity index (χ4n) is 4.88. The zero-order chi connectivity index (χ0) is 22.8. The topological polar surface area (TPSA) is 60.9 Å². The highest BCUT2D eigenvalue weighted by atomic mass is 19.4. The molecule has 0 saturated carbocycles. The van der Waals surface area contributed by atoms with Gasteiger partial charge in [-0.25, -0.2) is 0 Å². The first kappa shape index (κ1) is 19.9. The van der Waals surface area contributed by atoms with Crippen LogP contribution in [-0.4, -0.2) is 30.7 Å². The summed E-state index contributed by atoms with van der Waals surface area (Å²) in [6, 6.07) is 12.8. The monoisotopic (exact) mass is 454 g/mol. The van der Waals surface area contributed by atoms with Gasteiger partial charge in [-0.2, -0.15) is 13.2 Å². The van der Waals surface area contributed by atoms with Crippen molar-refractivity contribution in [2.75, 3.05) is 24.7 Å². The molecule has 1 aromatic heterocycles. The summed E-state index contributed by atoms with van der Waals surface area (Å²) in [6.45, 7) is 0.477. The lowest BCUT2D eigenvalue weighted by Crippen LogP contribution is -2.42. The Morgan fingerprint density at radius 1 is 0.939 bits per heavy atom.